The van der Waals surface area contributed by atoms with Gasteiger partial charge < -0.3 is 39.5 Å². The third kappa shape index (κ3) is 12.0. The van der Waals surface area contributed by atoms with Crippen molar-refractivity contribution in [2.75, 3.05) is 39.9 Å². The molecule has 26 heteroatoms. The summed E-state index contributed by atoms with van der Waals surface area (Å²) in [5.41, 5.74) is 18.3. The number of methoxy groups -OCH3 is 4. The van der Waals surface area contributed by atoms with Crippen LogP contribution in [0.15, 0.2) is 71.0 Å². The minimum absolute atomic E-state index is 0. The van der Waals surface area contributed by atoms with Crippen molar-refractivity contribution in [3.05, 3.63) is 104 Å². The highest BCUT2D eigenvalue weighted by Crippen LogP contribution is 2.40. The summed E-state index contributed by atoms with van der Waals surface area (Å²) in [7, 11) is 12.9. The van der Waals surface area contributed by atoms with Crippen LogP contribution in [0.1, 0.15) is 11.4 Å². The van der Waals surface area contributed by atoms with Gasteiger partial charge in [-0.2, -0.15) is 10.2 Å². The monoisotopic (exact) mass is 1350 g/mol. The molecule has 6 heterocycles. The van der Waals surface area contributed by atoms with Crippen LogP contribution in [-0.2, 0) is 28.2 Å². The highest BCUT2D eigenvalue weighted by molar-refractivity contribution is 15.0. The Hall–Kier alpha value is -5.36. The molecule has 8 rings (SSSR count). The highest BCUT2D eigenvalue weighted by Gasteiger charge is 2.23. The van der Waals surface area contributed by atoms with E-state index in [2.05, 4.69) is 77.3 Å². The van der Waals surface area contributed by atoms with E-state index in [1.54, 1.807) is 72.5 Å². The molecule has 6 aromatic heterocycles. The third-order valence-electron chi connectivity index (χ3n) is 10.3. The summed E-state index contributed by atoms with van der Waals surface area (Å²) in [5.74, 6) is 1.99. The molecule has 2 aromatic carbocycles. The molecule has 70 heavy (non-hydrogen) atoms. The minimum atomic E-state index is -0.359. The molecule has 0 atom stereocenters. The number of halogens is 6. The van der Waals surface area contributed by atoms with Gasteiger partial charge in [-0.25, -0.2) is 29.9 Å². The first-order valence-electron chi connectivity index (χ1n) is 19.9. The summed E-state index contributed by atoms with van der Waals surface area (Å²) in [6, 6.07) is 6.51. The highest BCUT2D eigenvalue weighted by atomic mass is 128. The third-order valence-corrected chi connectivity index (χ3v) is 11.0. The Labute approximate surface area is 458 Å². The number of ether oxygens (including phenoxy) is 4. The standard InChI is InChI=1S/2C22H22ClN7O3.ClH.I2.HI/c2*1-11-14(9-30(3)28-11)15-8-25-21(24)20(26-15)16-10-29(2)22(31)19(27-16)13-6-12(32-4)7-17(33-5)18(13)23;;1-2;/h2*6-10H,1-5H3,(H2,24,25);1H;;1H. The molecule has 20 nitrogen and oxygen atoms in total. The van der Waals surface area contributed by atoms with Crippen LogP contribution >= 0.6 is 96.8 Å². The molecule has 0 spiro atoms. The second kappa shape index (κ2) is 24.7. The van der Waals surface area contributed by atoms with Crippen molar-refractivity contribution < 1.29 is 18.9 Å². The van der Waals surface area contributed by atoms with Crippen LogP contribution in [0.2, 0.25) is 10.0 Å². The Balaban J connectivity index is 0.000000286. The number of hydrogen-bond acceptors (Lipinski definition) is 16. The van der Waals surface area contributed by atoms with Crippen LogP contribution in [-0.4, -0.2) is 87.0 Å². The lowest BCUT2D eigenvalue weighted by Gasteiger charge is -2.13. The molecule has 8 aromatic rings. The summed E-state index contributed by atoms with van der Waals surface area (Å²) in [4.78, 5) is 53.1. The average Bonchev–Trinajstić information content (AvgIpc) is 3.86. The Kier molecular flexibility index (Phi) is 20.2. The van der Waals surface area contributed by atoms with Gasteiger partial charge in [-0.3, -0.25) is 19.0 Å². The van der Waals surface area contributed by atoms with E-state index in [4.69, 9.17) is 53.6 Å². The maximum Gasteiger partial charge on any atom is 0.276 e. The summed E-state index contributed by atoms with van der Waals surface area (Å²) in [6.45, 7) is 3.77. The Morgan fingerprint density at radius 2 is 0.871 bits per heavy atom. The summed E-state index contributed by atoms with van der Waals surface area (Å²) >= 11 is 17.3. The molecule has 0 saturated heterocycles. The van der Waals surface area contributed by atoms with E-state index >= 15 is 0 Å². The Morgan fingerprint density at radius 1 is 0.529 bits per heavy atom. The van der Waals surface area contributed by atoms with E-state index < -0.39 is 0 Å². The lowest BCUT2D eigenvalue weighted by atomic mass is 10.1. The smallest absolute Gasteiger partial charge is 0.276 e. The van der Waals surface area contributed by atoms with Gasteiger partial charge in [0.15, 0.2) is 11.6 Å². The number of rotatable bonds is 10. The number of nitrogens with zero attached hydrogens (tertiary/aromatic N) is 12. The van der Waals surface area contributed by atoms with E-state index in [0.29, 0.717) is 68.3 Å². The Morgan fingerprint density at radius 3 is 1.17 bits per heavy atom. The maximum atomic E-state index is 13.0. The van der Waals surface area contributed by atoms with Gasteiger partial charge in [-0.05, 0) is 26.0 Å². The number of benzene rings is 2. The van der Waals surface area contributed by atoms with Crippen LogP contribution in [0.25, 0.3) is 67.8 Å². The second-order valence-corrected chi connectivity index (χ2v) is 15.5. The first-order chi connectivity index (χ1) is 32.5. The van der Waals surface area contributed by atoms with Crippen LogP contribution in [0.5, 0.6) is 23.0 Å². The van der Waals surface area contributed by atoms with E-state index in [0.717, 1.165) is 22.5 Å². The predicted molar refractivity (Wildman–Crippen MR) is 302 cm³/mol. The number of nitrogen functional groups attached to an aromatic ring is 2. The molecule has 0 amide bonds. The summed E-state index contributed by atoms with van der Waals surface area (Å²) in [6.07, 6.45) is 9.96. The Bertz CT molecular complexity index is 3100. The topological polar surface area (TPSA) is 246 Å². The molecule has 0 aliphatic carbocycles. The average molecular weight is 1350 g/mol. The predicted octanol–water partition coefficient (Wildman–Crippen LogP) is 8.54. The van der Waals surface area contributed by atoms with Crippen molar-refractivity contribution in [1.82, 2.24) is 58.6 Å². The largest absolute Gasteiger partial charge is 0.497 e. The van der Waals surface area contributed by atoms with Crippen molar-refractivity contribution in [2.45, 2.75) is 13.8 Å². The van der Waals surface area contributed by atoms with E-state index in [9.17, 15) is 9.59 Å². The van der Waals surface area contributed by atoms with Crippen LogP contribution in [0.3, 0.4) is 0 Å². The maximum absolute atomic E-state index is 13.0. The van der Waals surface area contributed by atoms with Gasteiger partial charge in [0.25, 0.3) is 11.1 Å². The van der Waals surface area contributed by atoms with Crippen molar-refractivity contribution in [2.24, 2.45) is 28.2 Å². The number of aryl methyl sites for hydroxylation is 6. The van der Waals surface area contributed by atoms with Crippen LogP contribution < -0.4 is 41.5 Å². The van der Waals surface area contributed by atoms with Gasteiger partial charge in [0, 0.05) is 125 Å². The van der Waals surface area contributed by atoms with Gasteiger partial charge >= 0.3 is 0 Å². The second-order valence-electron chi connectivity index (χ2n) is 14.7. The van der Waals surface area contributed by atoms with Gasteiger partial charge in [0.05, 0.1) is 73.7 Å². The zero-order chi connectivity index (χ0) is 49.7. The quantitative estimate of drug-likeness (QED) is 0.122. The number of aromatic nitrogens is 12. The molecule has 0 fully saturated rings. The van der Waals surface area contributed by atoms with Gasteiger partial charge in [0.1, 0.15) is 57.2 Å². The van der Waals surface area contributed by atoms with Crippen molar-refractivity contribution >= 4 is 108 Å². The molecule has 0 radical (unpaired) electrons. The number of hydrogen-bond donors (Lipinski definition) is 2. The zero-order valence-corrected chi connectivity index (χ0v) is 48.0. The molecule has 0 aliphatic rings. The van der Waals surface area contributed by atoms with E-state index in [1.165, 1.54) is 37.6 Å². The first-order valence-corrected chi connectivity index (χ1v) is 26.9. The SMILES string of the molecule is COc1cc(OC)c(Cl)c(-c2nc(-c3nc(-c4cn(C)nc4C)cnc3N)cn(C)c2=O)c1.COc1cc(OC)c(Cl)c(-c2nc(-c3nc(-c4cn(C)nc4C)cnc3N)cn(C)c2=O)c1.Cl.I.II. The fourth-order valence-corrected chi connectivity index (χ4v) is 7.50. The summed E-state index contributed by atoms with van der Waals surface area (Å²) in [5, 5.41) is 9.17. The van der Waals surface area contributed by atoms with Crippen molar-refractivity contribution in [3.8, 4) is 90.8 Å². The van der Waals surface area contributed by atoms with Crippen LogP contribution in [0.4, 0.5) is 11.6 Å². The molecule has 0 saturated carbocycles. The van der Waals surface area contributed by atoms with Gasteiger partial charge in [-0.1, -0.05) is 23.2 Å². The minimum Gasteiger partial charge on any atom is -0.497 e. The summed E-state index contributed by atoms with van der Waals surface area (Å²) < 4.78 is 27.5. The molecular weight excluding hydrogens is 1310 g/mol. The lowest BCUT2D eigenvalue weighted by Crippen LogP contribution is -2.21. The normalized spacial score (nSPS) is 10.4. The van der Waals surface area contributed by atoms with Gasteiger partial charge in [0.2, 0.25) is 0 Å². The zero-order valence-electron chi connectivity index (χ0n) is 39.1. The molecule has 0 unspecified atom stereocenters. The number of anilines is 2. The first kappa shape index (κ1) is 57.2. The fraction of sp³-hybridized carbons (Fsp3) is 0.227. The fourth-order valence-electron chi connectivity index (χ4n) is 6.95. The molecular formula is C44H46Cl3I3N14O6. The van der Waals surface area contributed by atoms with Crippen molar-refractivity contribution in [3.63, 3.8) is 0 Å². The lowest BCUT2D eigenvalue weighted by molar-refractivity contribution is 0.394. The van der Waals surface area contributed by atoms with E-state index in [1.807, 2.05) is 40.3 Å². The molecule has 4 N–H and O–H groups in total. The van der Waals surface area contributed by atoms with Crippen molar-refractivity contribution in [1.29, 1.82) is 0 Å². The molecule has 0 bridgehead atoms. The number of nitrogens with two attached hydrogens (primary N) is 2. The molecule has 370 valence electrons. The van der Waals surface area contributed by atoms with Gasteiger partial charge in [-0.15, -0.1) is 36.4 Å². The van der Waals surface area contributed by atoms with E-state index in [-0.39, 0.29) is 80.6 Å². The van der Waals surface area contributed by atoms with Crippen LogP contribution in [0, 0.1) is 13.8 Å². The molecule has 0 aliphatic heterocycles.